The molecule has 3 saturated heterocycles. The van der Waals surface area contributed by atoms with Gasteiger partial charge in [-0.3, -0.25) is 9.69 Å². The van der Waals surface area contributed by atoms with Gasteiger partial charge < -0.3 is 14.4 Å². The number of morpholine rings is 1. The number of rotatable bonds is 4. The summed E-state index contributed by atoms with van der Waals surface area (Å²) < 4.78 is 13.0. The van der Waals surface area contributed by atoms with Crippen molar-refractivity contribution in [1.29, 1.82) is 0 Å². The Balaban J connectivity index is 1.12. The summed E-state index contributed by atoms with van der Waals surface area (Å²) in [5, 5.41) is 1.06. The maximum Gasteiger partial charge on any atom is 0.222 e. The van der Waals surface area contributed by atoms with Crippen LogP contribution in [0.25, 0.3) is 10.2 Å². The van der Waals surface area contributed by atoms with Crippen molar-refractivity contribution in [3.8, 4) is 0 Å². The molecule has 2 aromatic rings. The highest BCUT2D eigenvalue weighted by Crippen LogP contribution is 2.37. The van der Waals surface area contributed by atoms with Crippen molar-refractivity contribution in [2.24, 2.45) is 0 Å². The Labute approximate surface area is 182 Å². The van der Waals surface area contributed by atoms with E-state index in [1.165, 1.54) is 4.70 Å². The third kappa shape index (κ3) is 4.40. The Morgan fingerprint density at radius 3 is 2.73 bits per heavy atom. The summed E-state index contributed by atoms with van der Waals surface area (Å²) in [7, 11) is 0. The molecule has 4 heterocycles. The number of thiazole rings is 1. The number of nitrogens with zero attached hydrogens (tertiary/aromatic N) is 3. The number of carbonyl (C=O) groups excluding carboxylic acids is 1. The van der Waals surface area contributed by atoms with Gasteiger partial charge in [-0.25, -0.2) is 4.98 Å². The van der Waals surface area contributed by atoms with Crippen molar-refractivity contribution >= 4 is 27.5 Å². The molecule has 6 nitrogen and oxygen atoms in total. The van der Waals surface area contributed by atoms with Crippen LogP contribution >= 0.6 is 11.3 Å². The van der Waals surface area contributed by atoms with E-state index in [4.69, 9.17) is 9.47 Å². The normalized spacial score (nSPS) is 25.1. The van der Waals surface area contributed by atoms with Crippen molar-refractivity contribution < 1.29 is 14.3 Å². The molecule has 1 aromatic carbocycles. The molecule has 162 valence electrons. The molecular weight excluding hydrogens is 398 g/mol. The van der Waals surface area contributed by atoms with Gasteiger partial charge >= 0.3 is 0 Å². The lowest BCUT2D eigenvalue weighted by Gasteiger charge is -2.49. The first-order chi connectivity index (χ1) is 14.7. The van der Waals surface area contributed by atoms with Crippen molar-refractivity contribution in [2.45, 2.75) is 50.2 Å². The smallest absolute Gasteiger partial charge is 0.222 e. The van der Waals surface area contributed by atoms with Crippen molar-refractivity contribution in [3.63, 3.8) is 0 Å². The number of hydrogen-bond acceptors (Lipinski definition) is 6. The van der Waals surface area contributed by atoms with Crippen LogP contribution in [0.4, 0.5) is 0 Å². The van der Waals surface area contributed by atoms with Gasteiger partial charge in [0.15, 0.2) is 0 Å². The van der Waals surface area contributed by atoms with Crippen LogP contribution in [0.3, 0.4) is 0 Å². The van der Waals surface area contributed by atoms with Crippen molar-refractivity contribution in [3.05, 3.63) is 29.3 Å². The van der Waals surface area contributed by atoms with Crippen LogP contribution in [-0.2, 0) is 20.7 Å². The second kappa shape index (κ2) is 8.91. The Morgan fingerprint density at radius 1 is 1.13 bits per heavy atom. The topological polar surface area (TPSA) is 54.9 Å². The number of fused-ring (bicyclic) bond motifs is 1. The molecule has 0 N–H and O–H groups in total. The predicted octanol–water partition coefficient (Wildman–Crippen LogP) is 3.10. The van der Waals surface area contributed by atoms with Gasteiger partial charge in [0.25, 0.3) is 0 Å². The highest BCUT2D eigenvalue weighted by Gasteiger charge is 2.42. The van der Waals surface area contributed by atoms with Crippen LogP contribution in [0.1, 0.15) is 37.1 Å². The van der Waals surface area contributed by atoms with Crippen LogP contribution in [0.5, 0.6) is 0 Å². The molecular formula is C23H31N3O3S. The maximum absolute atomic E-state index is 12.8. The summed E-state index contributed by atoms with van der Waals surface area (Å²) in [5.74, 6) is 0.254. The highest BCUT2D eigenvalue weighted by atomic mass is 32.1. The van der Waals surface area contributed by atoms with Crippen molar-refractivity contribution in [1.82, 2.24) is 14.8 Å². The molecule has 30 heavy (non-hydrogen) atoms. The first-order valence-electron chi connectivity index (χ1n) is 11.3. The molecule has 1 spiro atoms. The summed E-state index contributed by atoms with van der Waals surface area (Å²) in [6.45, 7) is 6.24. The minimum Gasteiger partial charge on any atom is -0.379 e. The monoisotopic (exact) mass is 429 g/mol. The quantitative estimate of drug-likeness (QED) is 0.748. The third-order valence-electron chi connectivity index (χ3n) is 6.95. The van der Waals surface area contributed by atoms with Gasteiger partial charge in [-0.2, -0.15) is 0 Å². The summed E-state index contributed by atoms with van der Waals surface area (Å²) >= 11 is 1.70. The first-order valence-corrected chi connectivity index (χ1v) is 12.1. The summed E-state index contributed by atoms with van der Waals surface area (Å²) in [4.78, 5) is 22.1. The number of carbonyl (C=O) groups is 1. The minimum absolute atomic E-state index is 0.0367. The van der Waals surface area contributed by atoms with Crippen molar-refractivity contribution in [2.75, 3.05) is 46.0 Å². The Hall–Kier alpha value is -1.54. The number of piperidine rings is 1. The van der Waals surface area contributed by atoms with Crippen LogP contribution in [0.15, 0.2) is 24.3 Å². The largest absolute Gasteiger partial charge is 0.379 e. The molecule has 5 rings (SSSR count). The molecule has 1 amide bonds. The fourth-order valence-corrected chi connectivity index (χ4v) is 6.13. The van der Waals surface area contributed by atoms with Gasteiger partial charge in [-0.15, -0.1) is 11.3 Å². The van der Waals surface area contributed by atoms with E-state index in [9.17, 15) is 4.79 Å². The lowest BCUT2D eigenvalue weighted by atomic mass is 9.81. The summed E-state index contributed by atoms with van der Waals surface area (Å²) in [6, 6.07) is 8.78. The van der Waals surface area contributed by atoms with E-state index in [0.29, 0.717) is 12.5 Å². The van der Waals surface area contributed by atoms with E-state index >= 15 is 0 Å². The Bertz CT molecular complexity index is 838. The number of likely N-dealkylation sites (tertiary alicyclic amines) is 1. The SMILES string of the molecule is O=C(CCc1nc2ccccc2s1)N1CCC2(CC1)C[C@@H](N1CCOCC1)CCO2. The fourth-order valence-electron chi connectivity index (χ4n) is 5.17. The Morgan fingerprint density at radius 2 is 1.93 bits per heavy atom. The number of hydrogen-bond donors (Lipinski definition) is 0. The van der Waals surface area contributed by atoms with Gasteiger partial charge in [-0.05, 0) is 37.8 Å². The minimum atomic E-state index is -0.0367. The van der Waals surface area contributed by atoms with E-state index in [2.05, 4.69) is 16.0 Å². The maximum atomic E-state index is 12.8. The third-order valence-corrected chi connectivity index (χ3v) is 8.04. The van der Waals surface area contributed by atoms with Gasteiger partial charge in [-0.1, -0.05) is 12.1 Å². The molecule has 0 unspecified atom stereocenters. The average Bonchev–Trinajstić information content (AvgIpc) is 3.22. The zero-order chi connectivity index (χ0) is 20.4. The zero-order valence-corrected chi connectivity index (χ0v) is 18.4. The molecule has 3 aliphatic rings. The molecule has 0 aliphatic carbocycles. The Kier molecular flexibility index (Phi) is 6.05. The predicted molar refractivity (Wildman–Crippen MR) is 118 cm³/mol. The molecule has 0 radical (unpaired) electrons. The lowest BCUT2D eigenvalue weighted by Crippen LogP contribution is -2.55. The number of aromatic nitrogens is 1. The lowest BCUT2D eigenvalue weighted by molar-refractivity contribution is -0.151. The molecule has 0 saturated carbocycles. The molecule has 1 aromatic heterocycles. The molecule has 1 atom stereocenters. The second-order valence-corrected chi connectivity index (χ2v) is 9.90. The highest BCUT2D eigenvalue weighted by molar-refractivity contribution is 7.18. The van der Waals surface area contributed by atoms with Crippen LogP contribution in [0, 0.1) is 0 Å². The number of ether oxygens (including phenoxy) is 2. The van der Waals surface area contributed by atoms with Crippen LogP contribution in [-0.4, -0.2) is 78.3 Å². The van der Waals surface area contributed by atoms with E-state index in [-0.39, 0.29) is 11.5 Å². The summed E-state index contributed by atoms with van der Waals surface area (Å²) in [5.41, 5.74) is 1.000. The van der Waals surface area contributed by atoms with Crippen LogP contribution < -0.4 is 0 Å². The summed E-state index contributed by atoms with van der Waals surface area (Å²) in [6.07, 6.45) is 5.41. The fraction of sp³-hybridized carbons (Fsp3) is 0.652. The number of amides is 1. The average molecular weight is 430 g/mol. The zero-order valence-electron chi connectivity index (χ0n) is 17.6. The molecule has 3 aliphatic heterocycles. The number of benzene rings is 1. The standard InChI is InChI=1S/C23H31N3O3S/c27-22(6-5-21-24-19-3-1-2-4-20(19)30-21)26-10-8-23(9-11-26)17-18(7-14-29-23)25-12-15-28-16-13-25/h1-4,18H,5-17H2/t18-/m0/s1. The molecule has 3 fully saturated rings. The van der Waals surface area contributed by atoms with E-state index < -0.39 is 0 Å². The van der Waals surface area contributed by atoms with Gasteiger partial charge in [0.1, 0.15) is 0 Å². The second-order valence-electron chi connectivity index (χ2n) is 8.78. The molecule has 0 bridgehead atoms. The van der Waals surface area contributed by atoms with E-state index in [1.807, 2.05) is 23.1 Å². The van der Waals surface area contributed by atoms with Gasteiger partial charge in [0.05, 0.1) is 34.0 Å². The first kappa shape index (κ1) is 20.4. The van der Waals surface area contributed by atoms with Crippen LogP contribution in [0.2, 0.25) is 0 Å². The van der Waals surface area contributed by atoms with E-state index in [0.717, 1.165) is 88.6 Å². The molecule has 7 heteroatoms. The van der Waals surface area contributed by atoms with Gasteiger partial charge in [0.2, 0.25) is 5.91 Å². The number of aryl methyl sites for hydroxylation is 1. The van der Waals surface area contributed by atoms with Gasteiger partial charge in [0, 0.05) is 51.7 Å². The number of para-hydroxylation sites is 1. The van der Waals surface area contributed by atoms with E-state index in [1.54, 1.807) is 11.3 Å².